The number of anilines is 2. The molecule has 7 nitrogen and oxygen atoms in total. The summed E-state index contributed by atoms with van der Waals surface area (Å²) in [6.45, 7) is 1.47. The zero-order chi connectivity index (χ0) is 19.7. The Labute approximate surface area is 166 Å². The molecule has 1 spiro atoms. The van der Waals surface area contributed by atoms with Crippen LogP contribution in [0.4, 0.5) is 11.4 Å². The summed E-state index contributed by atoms with van der Waals surface area (Å²) in [7, 11) is 0. The van der Waals surface area contributed by atoms with Crippen molar-refractivity contribution in [2.75, 3.05) is 16.8 Å². The Morgan fingerprint density at radius 1 is 1.29 bits per heavy atom. The summed E-state index contributed by atoms with van der Waals surface area (Å²) in [5, 5.41) is 5.61. The first-order valence-electron chi connectivity index (χ1n) is 9.30. The Kier molecular flexibility index (Phi) is 4.89. The largest absolute Gasteiger partial charge is 0.455 e. The number of hydrogen-bond acceptors (Lipinski definition) is 6. The Hall–Kier alpha value is -2.74. The number of amides is 2. The molecule has 28 heavy (non-hydrogen) atoms. The van der Waals surface area contributed by atoms with Gasteiger partial charge in [-0.15, -0.1) is 11.3 Å². The fourth-order valence-electron chi connectivity index (χ4n) is 4.02. The van der Waals surface area contributed by atoms with Gasteiger partial charge in [0.25, 0.3) is 11.8 Å². The van der Waals surface area contributed by atoms with Crippen molar-refractivity contribution in [3.63, 3.8) is 0 Å². The number of thiazole rings is 1. The number of hydrogen-bond donors (Lipinski definition) is 1. The standard InChI is InChI=1S/C20H21N3O4S/c1-13-21-14(12-28-13)10-18(25)27-11-17(24)23-16-7-3-2-6-15(16)22-19(26)20(23)8-4-5-9-20/h2-3,6-7,12H,4-5,8-11H2,1H3,(H,22,26). The molecule has 1 aromatic heterocycles. The Balaban J connectivity index is 1.52. The van der Waals surface area contributed by atoms with Crippen LogP contribution < -0.4 is 10.2 Å². The minimum atomic E-state index is -0.899. The van der Waals surface area contributed by atoms with Crippen molar-refractivity contribution in [1.82, 2.24) is 4.98 Å². The van der Waals surface area contributed by atoms with Crippen LogP contribution in [0.15, 0.2) is 29.6 Å². The maximum absolute atomic E-state index is 13.1. The molecule has 1 aliphatic carbocycles. The maximum Gasteiger partial charge on any atom is 0.312 e. The van der Waals surface area contributed by atoms with Gasteiger partial charge in [0.15, 0.2) is 6.61 Å². The topological polar surface area (TPSA) is 88.6 Å². The molecular formula is C20H21N3O4S. The number of aromatic nitrogens is 1. The lowest BCUT2D eigenvalue weighted by Crippen LogP contribution is -2.61. The minimum absolute atomic E-state index is 0.0276. The predicted octanol–water partition coefficient (Wildman–Crippen LogP) is 2.84. The van der Waals surface area contributed by atoms with E-state index in [1.807, 2.05) is 25.1 Å². The van der Waals surface area contributed by atoms with Gasteiger partial charge in [0, 0.05) is 5.38 Å². The monoisotopic (exact) mass is 399 g/mol. The summed E-state index contributed by atoms with van der Waals surface area (Å²) in [6.07, 6.45) is 2.99. The third kappa shape index (κ3) is 3.28. The normalized spacial score (nSPS) is 17.3. The van der Waals surface area contributed by atoms with Crippen LogP contribution in [0, 0.1) is 6.92 Å². The molecule has 0 bridgehead atoms. The quantitative estimate of drug-likeness (QED) is 0.799. The fraction of sp³-hybridized carbons (Fsp3) is 0.400. The molecule has 2 aliphatic rings. The van der Waals surface area contributed by atoms with Gasteiger partial charge in [-0.2, -0.15) is 0 Å². The summed E-state index contributed by atoms with van der Waals surface area (Å²) in [5.74, 6) is -1.05. The number of para-hydroxylation sites is 2. The van der Waals surface area contributed by atoms with Crippen LogP contribution in [0.5, 0.6) is 0 Å². The second-order valence-electron chi connectivity index (χ2n) is 7.13. The average Bonchev–Trinajstić information content (AvgIpc) is 3.31. The van der Waals surface area contributed by atoms with Crippen molar-refractivity contribution in [3.8, 4) is 0 Å². The first-order chi connectivity index (χ1) is 13.5. The molecule has 2 aromatic rings. The molecule has 4 rings (SSSR count). The molecule has 1 fully saturated rings. The Morgan fingerprint density at radius 2 is 2.04 bits per heavy atom. The van der Waals surface area contributed by atoms with Crippen LogP contribution in [0.3, 0.4) is 0 Å². The predicted molar refractivity (Wildman–Crippen MR) is 105 cm³/mol. The number of fused-ring (bicyclic) bond motifs is 1. The first kappa shape index (κ1) is 18.6. The molecule has 8 heteroatoms. The number of carbonyl (C=O) groups excluding carboxylic acids is 3. The molecule has 0 unspecified atom stereocenters. The second kappa shape index (κ2) is 7.35. The molecule has 1 N–H and O–H groups in total. The summed E-state index contributed by atoms with van der Waals surface area (Å²) in [4.78, 5) is 43.9. The van der Waals surface area contributed by atoms with Gasteiger partial charge in [0.1, 0.15) is 5.54 Å². The third-order valence-corrected chi connectivity index (χ3v) is 6.09. The number of nitrogens with one attached hydrogen (secondary N) is 1. The molecule has 0 atom stereocenters. The minimum Gasteiger partial charge on any atom is -0.455 e. The fourth-order valence-corrected chi connectivity index (χ4v) is 4.64. The highest BCUT2D eigenvalue weighted by Gasteiger charge is 2.52. The number of esters is 1. The van der Waals surface area contributed by atoms with Crippen molar-refractivity contribution in [2.45, 2.75) is 44.6 Å². The zero-order valence-corrected chi connectivity index (χ0v) is 16.4. The maximum atomic E-state index is 13.1. The average molecular weight is 399 g/mol. The SMILES string of the molecule is Cc1nc(CC(=O)OCC(=O)N2c3ccccc3NC(=O)C23CCCC3)cs1. The highest BCUT2D eigenvalue weighted by molar-refractivity contribution is 7.09. The van der Waals surface area contributed by atoms with E-state index in [2.05, 4.69) is 10.3 Å². The number of benzene rings is 1. The van der Waals surface area contributed by atoms with Gasteiger partial charge in [0.05, 0.1) is 28.5 Å². The van der Waals surface area contributed by atoms with Gasteiger partial charge in [-0.05, 0) is 31.9 Å². The van der Waals surface area contributed by atoms with Gasteiger partial charge >= 0.3 is 5.97 Å². The van der Waals surface area contributed by atoms with E-state index in [0.29, 0.717) is 29.9 Å². The van der Waals surface area contributed by atoms with Crippen molar-refractivity contribution in [2.24, 2.45) is 0 Å². The van der Waals surface area contributed by atoms with Crippen LogP contribution in [0.2, 0.25) is 0 Å². The Morgan fingerprint density at radius 3 is 2.75 bits per heavy atom. The molecule has 0 radical (unpaired) electrons. The van der Waals surface area contributed by atoms with E-state index in [0.717, 1.165) is 17.8 Å². The summed E-state index contributed by atoms with van der Waals surface area (Å²) in [5.41, 5.74) is 0.988. The van der Waals surface area contributed by atoms with Crippen molar-refractivity contribution in [3.05, 3.63) is 40.3 Å². The van der Waals surface area contributed by atoms with E-state index in [9.17, 15) is 14.4 Å². The van der Waals surface area contributed by atoms with Crippen molar-refractivity contribution in [1.29, 1.82) is 0 Å². The highest BCUT2D eigenvalue weighted by Crippen LogP contribution is 2.45. The Bertz CT molecular complexity index is 933. The number of carbonyl (C=O) groups is 3. The van der Waals surface area contributed by atoms with Gasteiger partial charge in [-0.25, -0.2) is 4.98 Å². The van der Waals surface area contributed by atoms with Crippen LogP contribution in [-0.4, -0.2) is 34.9 Å². The van der Waals surface area contributed by atoms with Crippen LogP contribution >= 0.6 is 11.3 Å². The second-order valence-corrected chi connectivity index (χ2v) is 8.20. The lowest BCUT2D eigenvalue weighted by molar-refractivity contribution is -0.147. The summed E-state index contributed by atoms with van der Waals surface area (Å²) in [6, 6.07) is 7.22. The van der Waals surface area contributed by atoms with Crippen molar-refractivity contribution >= 4 is 40.5 Å². The highest BCUT2D eigenvalue weighted by atomic mass is 32.1. The van der Waals surface area contributed by atoms with E-state index >= 15 is 0 Å². The molecule has 1 aliphatic heterocycles. The van der Waals surface area contributed by atoms with Crippen molar-refractivity contribution < 1.29 is 19.1 Å². The third-order valence-electron chi connectivity index (χ3n) is 5.27. The lowest BCUT2D eigenvalue weighted by Gasteiger charge is -2.44. The molecule has 1 aromatic carbocycles. The number of rotatable bonds is 4. The molecule has 1 saturated carbocycles. The number of ether oxygens (including phenoxy) is 1. The molecule has 146 valence electrons. The van der Waals surface area contributed by atoms with Crippen LogP contribution in [0.25, 0.3) is 0 Å². The van der Waals surface area contributed by atoms with E-state index in [-0.39, 0.29) is 18.2 Å². The number of aryl methyl sites for hydroxylation is 1. The molecule has 0 saturated heterocycles. The first-order valence-corrected chi connectivity index (χ1v) is 10.2. The molecule has 2 heterocycles. The number of nitrogens with zero attached hydrogens (tertiary/aromatic N) is 2. The lowest BCUT2D eigenvalue weighted by atomic mass is 9.90. The van der Waals surface area contributed by atoms with Gasteiger partial charge in [-0.1, -0.05) is 25.0 Å². The van der Waals surface area contributed by atoms with Gasteiger partial charge in [0.2, 0.25) is 0 Å². The zero-order valence-electron chi connectivity index (χ0n) is 15.6. The van der Waals surface area contributed by atoms with Gasteiger partial charge < -0.3 is 10.1 Å². The van der Waals surface area contributed by atoms with Gasteiger partial charge in [-0.3, -0.25) is 19.3 Å². The van der Waals surface area contributed by atoms with E-state index in [4.69, 9.17) is 4.74 Å². The van der Waals surface area contributed by atoms with E-state index in [1.54, 1.807) is 16.3 Å². The van der Waals surface area contributed by atoms with Crippen LogP contribution in [0.1, 0.15) is 36.4 Å². The molecular weight excluding hydrogens is 378 g/mol. The smallest absolute Gasteiger partial charge is 0.312 e. The van der Waals surface area contributed by atoms with Crippen LogP contribution in [-0.2, 0) is 25.5 Å². The molecule has 2 amide bonds. The van der Waals surface area contributed by atoms with E-state index in [1.165, 1.54) is 11.3 Å². The van der Waals surface area contributed by atoms with E-state index < -0.39 is 18.1 Å². The summed E-state index contributed by atoms with van der Waals surface area (Å²) >= 11 is 1.46. The summed E-state index contributed by atoms with van der Waals surface area (Å²) < 4.78 is 5.23.